The largest absolute Gasteiger partial charge is 0.356 e. The lowest BCUT2D eigenvalue weighted by atomic mass is 10.0. The van der Waals surface area contributed by atoms with Gasteiger partial charge in [0.15, 0.2) is 5.82 Å². The molecule has 0 unspecified atom stereocenters. The summed E-state index contributed by atoms with van der Waals surface area (Å²) in [6.45, 7) is 9.45. The molecule has 0 saturated carbocycles. The SMILES string of the molecule is C=C/C(=C\C(=C/C)c1nc(Cl)ncc1F)C1=CC=CC(=C)N1. The Bertz CT molecular complexity index is 742. The molecule has 0 aliphatic carbocycles. The van der Waals surface area contributed by atoms with Gasteiger partial charge in [0.25, 0.3) is 0 Å². The van der Waals surface area contributed by atoms with Crippen molar-refractivity contribution in [2.75, 3.05) is 0 Å². The van der Waals surface area contributed by atoms with Crippen molar-refractivity contribution in [1.82, 2.24) is 15.3 Å². The standard InChI is InChI=1S/C17H15ClFN3/c1-4-12(15-8-6-7-11(3)21-15)9-13(5-2)16-14(19)10-20-17(18)22-16/h4-10,21H,1,3H2,2H3/b12-9+,13-5+. The van der Waals surface area contributed by atoms with Gasteiger partial charge in [0.05, 0.1) is 6.20 Å². The van der Waals surface area contributed by atoms with Gasteiger partial charge in [-0.15, -0.1) is 0 Å². The van der Waals surface area contributed by atoms with E-state index in [1.54, 1.807) is 25.2 Å². The average Bonchev–Trinajstić information content (AvgIpc) is 2.51. The first-order valence-corrected chi connectivity index (χ1v) is 6.96. The van der Waals surface area contributed by atoms with E-state index in [0.717, 1.165) is 23.2 Å². The smallest absolute Gasteiger partial charge is 0.223 e. The Morgan fingerprint density at radius 2 is 2.18 bits per heavy atom. The minimum Gasteiger partial charge on any atom is -0.356 e. The molecule has 0 spiro atoms. The number of hydrogen-bond acceptors (Lipinski definition) is 3. The Balaban J connectivity index is 2.45. The van der Waals surface area contributed by atoms with Gasteiger partial charge in [-0.1, -0.05) is 31.4 Å². The highest BCUT2D eigenvalue weighted by atomic mass is 35.5. The van der Waals surface area contributed by atoms with E-state index < -0.39 is 5.82 Å². The predicted octanol–water partition coefficient (Wildman–Crippen LogP) is 4.34. The zero-order valence-corrected chi connectivity index (χ0v) is 12.9. The second-order valence-electron chi connectivity index (χ2n) is 4.47. The summed E-state index contributed by atoms with van der Waals surface area (Å²) in [5.74, 6) is -0.535. The highest BCUT2D eigenvalue weighted by molar-refractivity contribution is 6.28. The van der Waals surface area contributed by atoms with Crippen molar-refractivity contribution in [1.29, 1.82) is 0 Å². The molecule has 1 aliphatic rings. The van der Waals surface area contributed by atoms with Crippen LogP contribution in [0.5, 0.6) is 0 Å². The fraction of sp³-hybridized carbons (Fsp3) is 0.0588. The molecule has 3 nitrogen and oxygen atoms in total. The average molecular weight is 316 g/mol. The van der Waals surface area contributed by atoms with Crippen molar-refractivity contribution in [2.24, 2.45) is 0 Å². The Labute approximate surface area is 133 Å². The maximum absolute atomic E-state index is 13.9. The van der Waals surface area contributed by atoms with Gasteiger partial charge in [-0.25, -0.2) is 14.4 Å². The minimum absolute atomic E-state index is 0.00405. The van der Waals surface area contributed by atoms with Gasteiger partial charge >= 0.3 is 0 Å². The monoisotopic (exact) mass is 315 g/mol. The van der Waals surface area contributed by atoms with E-state index in [1.807, 2.05) is 18.2 Å². The van der Waals surface area contributed by atoms with Crippen LogP contribution in [0.25, 0.3) is 5.57 Å². The van der Waals surface area contributed by atoms with Gasteiger partial charge < -0.3 is 5.32 Å². The number of hydrogen-bond donors (Lipinski definition) is 1. The lowest BCUT2D eigenvalue weighted by Crippen LogP contribution is -2.14. The molecule has 0 bridgehead atoms. The van der Waals surface area contributed by atoms with Crippen LogP contribution in [0, 0.1) is 5.82 Å². The molecule has 0 amide bonds. The van der Waals surface area contributed by atoms with Crippen molar-refractivity contribution < 1.29 is 4.39 Å². The number of rotatable bonds is 4. The molecule has 1 aliphatic heterocycles. The number of allylic oxidation sites excluding steroid dienone is 7. The van der Waals surface area contributed by atoms with Crippen LogP contribution >= 0.6 is 11.6 Å². The molecule has 112 valence electrons. The summed E-state index contributed by atoms with van der Waals surface area (Å²) in [5, 5.41) is 3.13. The van der Waals surface area contributed by atoms with Gasteiger partial charge in [0, 0.05) is 11.4 Å². The van der Waals surface area contributed by atoms with Crippen LogP contribution in [0.2, 0.25) is 5.28 Å². The van der Waals surface area contributed by atoms with Crippen LogP contribution in [0.3, 0.4) is 0 Å². The first kappa shape index (κ1) is 15.9. The Morgan fingerprint density at radius 1 is 1.41 bits per heavy atom. The summed E-state index contributed by atoms with van der Waals surface area (Å²) >= 11 is 5.75. The van der Waals surface area contributed by atoms with E-state index in [2.05, 4.69) is 28.4 Å². The summed E-state index contributed by atoms with van der Waals surface area (Å²) in [5.41, 5.74) is 3.10. The Morgan fingerprint density at radius 3 is 2.82 bits per heavy atom. The third kappa shape index (κ3) is 3.59. The molecule has 2 heterocycles. The van der Waals surface area contributed by atoms with Gasteiger partial charge in [-0.3, -0.25) is 0 Å². The number of aromatic nitrogens is 2. The van der Waals surface area contributed by atoms with Crippen LogP contribution in [0.4, 0.5) is 4.39 Å². The fourth-order valence-corrected chi connectivity index (χ4v) is 2.07. The molecule has 0 aromatic carbocycles. The quantitative estimate of drug-likeness (QED) is 0.663. The molecule has 0 atom stereocenters. The van der Waals surface area contributed by atoms with Crippen LogP contribution in [-0.4, -0.2) is 9.97 Å². The maximum atomic E-state index is 13.9. The van der Waals surface area contributed by atoms with Gasteiger partial charge in [0.2, 0.25) is 5.28 Å². The summed E-state index contributed by atoms with van der Waals surface area (Å²) in [6.07, 6.45) is 11.9. The predicted molar refractivity (Wildman–Crippen MR) is 88.4 cm³/mol. The Hall–Kier alpha value is -2.46. The lowest BCUT2D eigenvalue weighted by molar-refractivity contribution is 0.609. The van der Waals surface area contributed by atoms with Crippen LogP contribution in [-0.2, 0) is 0 Å². The van der Waals surface area contributed by atoms with Crippen LogP contribution < -0.4 is 5.32 Å². The summed E-state index contributed by atoms with van der Waals surface area (Å²) < 4.78 is 13.9. The number of halogens is 2. The first-order valence-electron chi connectivity index (χ1n) is 6.58. The summed E-state index contributed by atoms with van der Waals surface area (Å²) in [6, 6.07) is 0. The third-order valence-electron chi connectivity index (χ3n) is 3.00. The van der Waals surface area contributed by atoms with E-state index in [1.165, 1.54) is 0 Å². The highest BCUT2D eigenvalue weighted by Gasteiger charge is 2.12. The second-order valence-corrected chi connectivity index (χ2v) is 4.81. The van der Waals surface area contributed by atoms with Gasteiger partial charge in [-0.05, 0) is 47.9 Å². The first-order chi connectivity index (χ1) is 10.5. The molecule has 22 heavy (non-hydrogen) atoms. The summed E-state index contributed by atoms with van der Waals surface area (Å²) in [7, 11) is 0. The third-order valence-corrected chi connectivity index (χ3v) is 3.18. The zero-order valence-electron chi connectivity index (χ0n) is 12.1. The molecular formula is C17H15ClFN3. The van der Waals surface area contributed by atoms with Crippen molar-refractivity contribution in [3.05, 3.63) is 89.6 Å². The minimum atomic E-state index is -0.535. The van der Waals surface area contributed by atoms with Gasteiger partial charge in [-0.2, -0.15) is 0 Å². The fourth-order valence-electron chi connectivity index (χ4n) is 1.94. The molecule has 0 fully saturated rings. The number of dihydropyridines is 1. The van der Waals surface area contributed by atoms with Crippen LogP contribution in [0.1, 0.15) is 12.6 Å². The molecule has 2 rings (SSSR count). The summed E-state index contributed by atoms with van der Waals surface area (Å²) in [4.78, 5) is 7.57. The highest BCUT2D eigenvalue weighted by Crippen LogP contribution is 2.23. The molecule has 0 radical (unpaired) electrons. The topological polar surface area (TPSA) is 37.8 Å². The van der Waals surface area contributed by atoms with Crippen molar-refractivity contribution >= 4 is 17.2 Å². The lowest BCUT2D eigenvalue weighted by Gasteiger charge is -2.15. The molecule has 1 aromatic rings. The van der Waals surface area contributed by atoms with Crippen molar-refractivity contribution in [3.8, 4) is 0 Å². The molecule has 0 saturated heterocycles. The zero-order chi connectivity index (χ0) is 16.1. The van der Waals surface area contributed by atoms with Gasteiger partial charge in [0.1, 0.15) is 5.69 Å². The van der Waals surface area contributed by atoms with Crippen LogP contribution in [0.15, 0.2) is 72.8 Å². The van der Waals surface area contributed by atoms with E-state index in [0.29, 0.717) is 5.57 Å². The Kier molecular flexibility index (Phi) is 5.07. The maximum Gasteiger partial charge on any atom is 0.223 e. The van der Waals surface area contributed by atoms with E-state index in [9.17, 15) is 4.39 Å². The molecule has 1 N–H and O–H groups in total. The molecule has 5 heteroatoms. The van der Waals surface area contributed by atoms with Crippen molar-refractivity contribution in [2.45, 2.75) is 6.92 Å². The number of nitrogens with zero attached hydrogens (tertiary/aromatic N) is 2. The van der Waals surface area contributed by atoms with E-state index in [-0.39, 0.29) is 11.0 Å². The normalized spacial score (nSPS) is 15.4. The van der Waals surface area contributed by atoms with E-state index >= 15 is 0 Å². The van der Waals surface area contributed by atoms with Crippen molar-refractivity contribution in [3.63, 3.8) is 0 Å². The molecule has 1 aromatic heterocycles. The second kappa shape index (κ2) is 7.00. The molecular weight excluding hydrogens is 301 g/mol. The number of nitrogens with one attached hydrogen (secondary N) is 1. The van der Waals surface area contributed by atoms with E-state index in [4.69, 9.17) is 11.6 Å².